The van der Waals surface area contributed by atoms with E-state index in [0.717, 1.165) is 6.04 Å². The first-order chi connectivity index (χ1) is 7.37. The lowest BCUT2D eigenvalue weighted by Crippen LogP contribution is -2.29. The first-order valence-corrected chi connectivity index (χ1v) is 6.14. The van der Waals surface area contributed by atoms with Gasteiger partial charge >= 0.3 is 0 Å². The maximum Gasteiger partial charge on any atom is 0.293 e. The van der Waals surface area contributed by atoms with Crippen molar-refractivity contribution in [1.82, 2.24) is 4.90 Å². The average molecular weight is 229 g/mol. The van der Waals surface area contributed by atoms with Gasteiger partial charge in [0.1, 0.15) is 5.60 Å². The molecular weight excluding hydrogens is 202 g/mol. The van der Waals surface area contributed by atoms with Gasteiger partial charge in [0, 0.05) is 6.04 Å². The van der Waals surface area contributed by atoms with Crippen LogP contribution in [0.4, 0.5) is 0 Å². The van der Waals surface area contributed by atoms with Gasteiger partial charge < -0.3 is 9.64 Å². The third-order valence-electron chi connectivity index (χ3n) is 2.71. The Bertz CT molecular complexity index is 179. The topological polar surface area (TPSA) is 29.5 Å². The van der Waals surface area contributed by atoms with E-state index in [2.05, 4.69) is 23.7 Å². The molecule has 1 fully saturated rings. The molecule has 16 heavy (non-hydrogen) atoms. The Hall–Kier alpha value is -0.570. The van der Waals surface area contributed by atoms with Gasteiger partial charge in [-0.25, -0.2) is 0 Å². The molecule has 0 saturated heterocycles. The first kappa shape index (κ1) is 15.4. The van der Waals surface area contributed by atoms with Crippen LogP contribution in [0.5, 0.6) is 0 Å². The highest BCUT2D eigenvalue weighted by Gasteiger charge is 2.13. The van der Waals surface area contributed by atoms with E-state index in [9.17, 15) is 4.79 Å². The molecule has 0 aliphatic heterocycles. The van der Waals surface area contributed by atoms with Gasteiger partial charge in [0.05, 0.1) is 0 Å². The number of ether oxygens (including phenoxy) is 1. The Morgan fingerprint density at radius 1 is 1.12 bits per heavy atom. The molecule has 0 amide bonds. The minimum Gasteiger partial charge on any atom is -0.462 e. The van der Waals surface area contributed by atoms with Crippen molar-refractivity contribution in [2.24, 2.45) is 0 Å². The van der Waals surface area contributed by atoms with Crippen LogP contribution in [0.15, 0.2) is 0 Å². The van der Waals surface area contributed by atoms with E-state index in [1.54, 1.807) is 0 Å². The summed E-state index contributed by atoms with van der Waals surface area (Å²) in [4.78, 5) is 12.0. The number of hydrogen-bond donors (Lipinski definition) is 0. The normalized spacial score (nSPS) is 17.6. The zero-order valence-electron chi connectivity index (χ0n) is 11.5. The van der Waals surface area contributed by atoms with E-state index >= 15 is 0 Å². The molecule has 3 heteroatoms. The van der Waals surface area contributed by atoms with Crippen molar-refractivity contribution in [3.63, 3.8) is 0 Å². The van der Waals surface area contributed by atoms with Crippen molar-refractivity contribution in [1.29, 1.82) is 0 Å². The summed E-state index contributed by atoms with van der Waals surface area (Å²) in [5.74, 6) is 0. The Balaban J connectivity index is 0.000000293. The summed E-state index contributed by atoms with van der Waals surface area (Å²) >= 11 is 0. The molecule has 0 bridgehead atoms. The lowest BCUT2D eigenvalue weighted by molar-refractivity contribution is -0.138. The summed E-state index contributed by atoms with van der Waals surface area (Å²) in [7, 11) is 4.38. The SMILES string of the molecule is CC(C)(C)OC=O.CN(C)C1CCCCC1. The summed E-state index contributed by atoms with van der Waals surface area (Å²) in [6, 6.07) is 0.888. The predicted octanol–water partition coefficient (Wildman–Crippen LogP) is 2.84. The van der Waals surface area contributed by atoms with Gasteiger partial charge in [0.25, 0.3) is 6.47 Å². The zero-order chi connectivity index (χ0) is 12.6. The van der Waals surface area contributed by atoms with Gasteiger partial charge in [-0.3, -0.25) is 4.79 Å². The van der Waals surface area contributed by atoms with Crippen LogP contribution in [-0.4, -0.2) is 37.1 Å². The van der Waals surface area contributed by atoms with Crippen molar-refractivity contribution in [2.75, 3.05) is 14.1 Å². The van der Waals surface area contributed by atoms with Crippen molar-refractivity contribution in [3.05, 3.63) is 0 Å². The molecule has 1 aliphatic carbocycles. The van der Waals surface area contributed by atoms with Gasteiger partial charge in [-0.15, -0.1) is 0 Å². The number of hydrogen-bond acceptors (Lipinski definition) is 3. The van der Waals surface area contributed by atoms with Crippen molar-refractivity contribution < 1.29 is 9.53 Å². The van der Waals surface area contributed by atoms with Crippen LogP contribution in [0, 0.1) is 0 Å². The van der Waals surface area contributed by atoms with E-state index in [1.165, 1.54) is 32.1 Å². The first-order valence-electron chi connectivity index (χ1n) is 6.14. The third kappa shape index (κ3) is 8.72. The van der Waals surface area contributed by atoms with Crippen molar-refractivity contribution in [3.8, 4) is 0 Å². The molecule has 1 saturated carbocycles. The summed E-state index contributed by atoms with van der Waals surface area (Å²) in [6.45, 7) is 5.92. The second kappa shape index (κ2) is 7.66. The molecule has 96 valence electrons. The van der Waals surface area contributed by atoms with Crippen LogP contribution in [0.3, 0.4) is 0 Å². The fourth-order valence-electron chi connectivity index (χ4n) is 1.74. The van der Waals surface area contributed by atoms with E-state index in [1.807, 2.05) is 20.8 Å². The lowest BCUT2D eigenvalue weighted by Gasteiger charge is -2.27. The summed E-state index contributed by atoms with van der Waals surface area (Å²) < 4.78 is 4.55. The number of carbonyl (C=O) groups excluding carboxylic acids is 1. The Morgan fingerprint density at radius 2 is 1.62 bits per heavy atom. The van der Waals surface area contributed by atoms with E-state index in [0.29, 0.717) is 6.47 Å². The van der Waals surface area contributed by atoms with Gasteiger partial charge in [0.15, 0.2) is 0 Å². The smallest absolute Gasteiger partial charge is 0.293 e. The molecule has 1 rings (SSSR count). The molecule has 0 unspecified atom stereocenters. The van der Waals surface area contributed by atoms with Crippen molar-refractivity contribution >= 4 is 6.47 Å². The molecule has 0 spiro atoms. The largest absolute Gasteiger partial charge is 0.462 e. The fourth-order valence-corrected chi connectivity index (χ4v) is 1.74. The maximum atomic E-state index is 9.60. The van der Waals surface area contributed by atoms with Crippen LogP contribution in [-0.2, 0) is 9.53 Å². The Kier molecular flexibility index (Phi) is 7.39. The monoisotopic (exact) mass is 229 g/mol. The molecule has 0 radical (unpaired) electrons. The second-order valence-electron chi connectivity index (χ2n) is 5.58. The highest BCUT2D eigenvalue weighted by molar-refractivity contribution is 5.37. The number of carbonyl (C=O) groups is 1. The molecule has 0 N–H and O–H groups in total. The van der Waals surface area contributed by atoms with Crippen molar-refractivity contribution in [2.45, 2.75) is 64.5 Å². The van der Waals surface area contributed by atoms with Gasteiger partial charge in [0.2, 0.25) is 0 Å². The number of nitrogens with zero attached hydrogens (tertiary/aromatic N) is 1. The molecule has 0 aromatic heterocycles. The van der Waals surface area contributed by atoms with E-state index in [4.69, 9.17) is 0 Å². The van der Waals surface area contributed by atoms with E-state index in [-0.39, 0.29) is 5.60 Å². The number of rotatable bonds is 2. The molecule has 0 aromatic carbocycles. The fraction of sp³-hybridized carbons (Fsp3) is 0.923. The quantitative estimate of drug-likeness (QED) is 0.682. The predicted molar refractivity (Wildman–Crippen MR) is 67.5 cm³/mol. The molecule has 0 atom stereocenters. The molecule has 0 heterocycles. The maximum absolute atomic E-state index is 9.60. The molecule has 0 aromatic rings. The Morgan fingerprint density at radius 3 is 1.81 bits per heavy atom. The van der Waals surface area contributed by atoms with Crippen LogP contribution < -0.4 is 0 Å². The molecular formula is C13H27NO2. The van der Waals surface area contributed by atoms with Gasteiger partial charge in [-0.05, 0) is 47.7 Å². The summed E-state index contributed by atoms with van der Waals surface area (Å²) in [5.41, 5.74) is -0.318. The minimum absolute atomic E-state index is 0.318. The standard InChI is InChI=1S/C8H17N.C5H10O2/c1-9(2)8-6-4-3-5-7-8;1-5(2,3)7-4-6/h8H,3-7H2,1-2H3;4H,1-3H3. The van der Waals surface area contributed by atoms with Gasteiger partial charge in [-0.2, -0.15) is 0 Å². The third-order valence-corrected chi connectivity index (χ3v) is 2.71. The van der Waals surface area contributed by atoms with Crippen LogP contribution in [0.25, 0.3) is 0 Å². The zero-order valence-corrected chi connectivity index (χ0v) is 11.5. The summed E-state index contributed by atoms with van der Waals surface area (Å²) in [6.07, 6.45) is 7.20. The van der Waals surface area contributed by atoms with Gasteiger partial charge in [-0.1, -0.05) is 19.3 Å². The van der Waals surface area contributed by atoms with Crippen LogP contribution >= 0.6 is 0 Å². The second-order valence-corrected chi connectivity index (χ2v) is 5.58. The van der Waals surface area contributed by atoms with Crippen LogP contribution in [0.2, 0.25) is 0 Å². The molecule has 3 nitrogen and oxygen atoms in total. The average Bonchev–Trinajstić information content (AvgIpc) is 2.18. The lowest BCUT2D eigenvalue weighted by atomic mass is 9.95. The molecule has 1 aliphatic rings. The Labute approximate surface area is 100 Å². The minimum atomic E-state index is -0.318. The van der Waals surface area contributed by atoms with Crippen LogP contribution in [0.1, 0.15) is 52.9 Å². The highest BCUT2D eigenvalue weighted by Crippen LogP contribution is 2.20. The highest BCUT2D eigenvalue weighted by atomic mass is 16.5. The summed E-state index contributed by atoms with van der Waals surface area (Å²) in [5, 5.41) is 0. The van der Waals surface area contributed by atoms with E-state index < -0.39 is 0 Å².